The third-order valence-corrected chi connectivity index (χ3v) is 3.30. The summed E-state index contributed by atoms with van der Waals surface area (Å²) in [7, 11) is 0. The van der Waals surface area contributed by atoms with E-state index >= 15 is 0 Å². The standard InChI is InChI=1S/C16H21N3/c1-3-19(16-9-8-13(2)11-18-16)12-15-7-5-4-6-14(15)10-17/h4-9,11H,3,10,12,17H2,1-2H3. The van der Waals surface area contributed by atoms with Gasteiger partial charge in [-0.15, -0.1) is 0 Å². The topological polar surface area (TPSA) is 42.1 Å². The van der Waals surface area contributed by atoms with Crippen LogP contribution in [0.15, 0.2) is 42.6 Å². The van der Waals surface area contributed by atoms with Gasteiger partial charge in [-0.05, 0) is 36.6 Å². The largest absolute Gasteiger partial charge is 0.353 e. The zero-order valence-electron chi connectivity index (χ0n) is 11.6. The first-order valence-corrected chi connectivity index (χ1v) is 6.69. The number of hydrogen-bond donors (Lipinski definition) is 1. The number of pyridine rings is 1. The molecule has 0 saturated carbocycles. The summed E-state index contributed by atoms with van der Waals surface area (Å²) in [5.74, 6) is 1.01. The van der Waals surface area contributed by atoms with E-state index < -0.39 is 0 Å². The third-order valence-electron chi connectivity index (χ3n) is 3.30. The van der Waals surface area contributed by atoms with Crippen LogP contribution in [0.1, 0.15) is 23.6 Å². The van der Waals surface area contributed by atoms with Crippen molar-refractivity contribution in [3.05, 3.63) is 59.3 Å². The van der Waals surface area contributed by atoms with Crippen LogP contribution < -0.4 is 10.6 Å². The first kappa shape index (κ1) is 13.6. The molecule has 3 heteroatoms. The number of anilines is 1. The summed E-state index contributed by atoms with van der Waals surface area (Å²) < 4.78 is 0. The summed E-state index contributed by atoms with van der Waals surface area (Å²) in [6, 6.07) is 12.5. The van der Waals surface area contributed by atoms with E-state index in [9.17, 15) is 0 Å². The van der Waals surface area contributed by atoms with Gasteiger partial charge in [-0.3, -0.25) is 0 Å². The van der Waals surface area contributed by atoms with Crippen molar-refractivity contribution < 1.29 is 0 Å². The average molecular weight is 255 g/mol. The second kappa shape index (κ2) is 6.34. The number of aromatic nitrogens is 1. The van der Waals surface area contributed by atoms with Crippen LogP contribution in [-0.4, -0.2) is 11.5 Å². The van der Waals surface area contributed by atoms with Gasteiger partial charge < -0.3 is 10.6 Å². The Balaban J connectivity index is 2.21. The van der Waals surface area contributed by atoms with Crippen LogP contribution in [0, 0.1) is 6.92 Å². The molecule has 2 rings (SSSR count). The molecule has 0 aliphatic rings. The highest BCUT2D eigenvalue weighted by molar-refractivity contribution is 5.41. The van der Waals surface area contributed by atoms with Crippen LogP contribution in [0.2, 0.25) is 0 Å². The lowest BCUT2D eigenvalue weighted by Gasteiger charge is -2.23. The van der Waals surface area contributed by atoms with Gasteiger partial charge in [-0.1, -0.05) is 30.3 Å². The van der Waals surface area contributed by atoms with Gasteiger partial charge in [0.1, 0.15) is 5.82 Å². The van der Waals surface area contributed by atoms with Gasteiger partial charge in [0, 0.05) is 25.8 Å². The fraction of sp³-hybridized carbons (Fsp3) is 0.312. The van der Waals surface area contributed by atoms with Crippen molar-refractivity contribution in [2.24, 2.45) is 5.73 Å². The van der Waals surface area contributed by atoms with Crippen molar-refractivity contribution in [1.29, 1.82) is 0 Å². The summed E-state index contributed by atoms with van der Waals surface area (Å²) in [5, 5.41) is 0. The van der Waals surface area contributed by atoms with E-state index in [1.54, 1.807) is 0 Å². The number of nitrogens with two attached hydrogens (primary N) is 1. The molecular formula is C16H21N3. The molecule has 0 saturated heterocycles. The zero-order chi connectivity index (χ0) is 13.7. The van der Waals surface area contributed by atoms with Crippen LogP contribution in [0.4, 0.5) is 5.82 Å². The molecule has 1 heterocycles. The second-order valence-corrected chi connectivity index (χ2v) is 4.68. The maximum Gasteiger partial charge on any atom is 0.128 e. The van der Waals surface area contributed by atoms with Crippen LogP contribution in [0.3, 0.4) is 0 Å². The lowest BCUT2D eigenvalue weighted by molar-refractivity contribution is 0.802. The Kier molecular flexibility index (Phi) is 4.53. The molecule has 0 aliphatic carbocycles. The fourth-order valence-corrected chi connectivity index (χ4v) is 2.12. The molecule has 19 heavy (non-hydrogen) atoms. The summed E-state index contributed by atoms with van der Waals surface area (Å²) in [4.78, 5) is 6.75. The number of rotatable bonds is 5. The molecule has 0 aliphatic heterocycles. The third kappa shape index (κ3) is 3.32. The van der Waals surface area contributed by atoms with Gasteiger partial charge in [0.05, 0.1) is 0 Å². The Bertz CT molecular complexity index is 520. The van der Waals surface area contributed by atoms with E-state index in [1.807, 2.05) is 12.3 Å². The summed E-state index contributed by atoms with van der Waals surface area (Å²) in [6.07, 6.45) is 1.91. The number of nitrogens with zero attached hydrogens (tertiary/aromatic N) is 2. The van der Waals surface area contributed by atoms with Gasteiger partial charge in [0.25, 0.3) is 0 Å². The molecule has 2 N–H and O–H groups in total. The molecule has 0 spiro atoms. The number of benzene rings is 1. The lowest BCUT2D eigenvalue weighted by Crippen LogP contribution is -2.24. The Morgan fingerprint density at radius 1 is 1.11 bits per heavy atom. The van der Waals surface area contributed by atoms with Gasteiger partial charge in [0.2, 0.25) is 0 Å². The Labute approximate surface area is 115 Å². The highest BCUT2D eigenvalue weighted by atomic mass is 15.2. The maximum absolute atomic E-state index is 5.79. The molecule has 3 nitrogen and oxygen atoms in total. The second-order valence-electron chi connectivity index (χ2n) is 4.68. The van der Waals surface area contributed by atoms with Crippen molar-refractivity contribution in [1.82, 2.24) is 4.98 Å². The minimum absolute atomic E-state index is 0.578. The predicted octanol–water partition coefficient (Wildman–Crippen LogP) is 2.88. The Morgan fingerprint density at radius 2 is 1.84 bits per heavy atom. The van der Waals surface area contributed by atoms with Crippen molar-refractivity contribution in [3.8, 4) is 0 Å². The number of hydrogen-bond acceptors (Lipinski definition) is 3. The van der Waals surface area contributed by atoms with E-state index in [2.05, 4.69) is 54.1 Å². The highest BCUT2D eigenvalue weighted by Gasteiger charge is 2.08. The predicted molar refractivity (Wildman–Crippen MR) is 80.0 cm³/mol. The zero-order valence-corrected chi connectivity index (χ0v) is 11.6. The van der Waals surface area contributed by atoms with Crippen LogP contribution in [-0.2, 0) is 13.1 Å². The minimum atomic E-state index is 0.578. The van der Waals surface area contributed by atoms with Crippen LogP contribution in [0.25, 0.3) is 0 Å². The van der Waals surface area contributed by atoms with Crippen molar-refractivity contribution in [3.63, 3.8) is 0 Å². The first-order valence-electron chi connectivity index (χ1n) is 6.69. The van der Waals surface area contributed by atoms with E-state index in [0.717, 1.165) is 18.9 Å². The van der Waals surface area contributed by atoms with Crippen molar-refractivity contribution in [2.75, 3.05) is 11.4 Å². The summed E-state index contributed by atoms with van der Waals surface area (Å²) in [5.41, 5.74) is 9.45. The molecule has 1 aromatic heterocycles. The smallest absolute Gasteiger partial charge is 0.128 e. The first-order chi connectivity index (χ1) is 9.24. The van der Waals surface area contributed by atoms with Gasteiger partial charge >= 0.3 is 0 Å². The van der Waals surface area contributed by atoms with E-state index in [-0.39, 0.29) is 0 Å². The molecule has 0 amide bonds. The average Bonchev–Trinajstić information content (AvgIpc) is 2.46. The fourth-order valence-electron chi connectivity index (χ4n) is 2.12. The molecule has 0 fully saturated rings. The SMILES string of the molecule is CCN(Cc1ccccc1CN)c1ccc(C)cn1. The van der Waals surface area contributed by atoms with Gasteiger partial charge in [0.15, 0.2) is 0 Å². The van der Waals surface area contributed by atoms with Crippen molar-refractivity contribution in [2.45, 2.75) is 26.9 Å². The summed E-state index contributed by atoms with van der Waals surface area (Å²) in [6.45, 7) is 6.55. The van der Waals surface area contributed by atoms with Crippen LogP contribution in [0.5, 0.6) is 0 Å². The molecule has 0 unspecified atom stereocenters. The Morgan fingerprint density at radius 3 is 2.42 bits per heavy atom. The molecule has 1 aromatic carbocycles. The minimum Gasteiger partial charge on any atom is -0.353 e. The number of aryl methyl sites for hydroxylation is 1. The lowest BCUT2D eigenvalue weighted by atomic mass is 10.1. The monoisotopic (exact) mass is 255 g/mol. The summed E-state index contributed by atoms with van der Waals surface area (Å²) >= 11 is 0. The molecule has 0 bridgehead atoms. The normalized spacial score (nSPS) is 10.5. The van der Waals surface area contributed by atoms with E-state index in [1.165, 1.54) is 16.7 Å². The van der Waals surface area contributed by atoms with Gasteiger partial charge in [-0.25, -0.2) is 4.98 Å². The maximum atomic E-state index is 5.79. The Hall–Kier alpha value is -1.87. The van der Waals surface area contributed by atoms with Gasteiger partial charge in [-0.2, -0.15) is 0 Å². The van der Waals surface area contributed by atoms with Crippen LogP contribution >= 0.6 is 0 Å². The molecule has 2 aromatic rings. The quantitative estimate of drug-likeness (QED) is 0.893. The van der Waals surface area contributed by atoms with E-state index in [4.69, 9.17) is 5.73 Å². The molecular weight excluding hydrogens is 234 g/mol. The molecule has 0 atom stereocenters. The molecule has 0 radical (unpaired) electrons. The molecule has 100 valence electrons. The van der Waals surface area contributed by atoms with Crippen molar-refractivity contribution >= 4 is 5.82 Å². The highest BCUT2D eigenvalue weighted by Crippen LogP contribution is 2.17. The van der Waals surface area contributed by atoms with E-state index in [0.29, 0.717) is 6.54 Å².